The first kappa shape index (κ1) is 10.9. The van der Waals surface area contributed by atoms with Gasteiger partial charge in [-0.3, -0.25) is 0 Å². The van der Waals surface area contributed by atoms with E-state index in [0.717, 1.165) is 22.2 Å². The first-order valence-electron chi connectivity index (χ1n) is 4.91. The molecule has 0 spiro atoms. The number of carbonyl (C=O) groups is 1. The van der Waals surface area contributed by atoms with Gasteiger partial charge in [0.2, 0.25) is 5.69 Å². The van der Waals surface area contributed by atoms with E-state index in [-0.39, 0.29) is 5.41 Å². The average molecular weight is 321 g/mol. The van der Waals surface area contributed by atoms with E-state index in [4.69, 9.17) is 9.26 Å². The van der Waals surface area contributed by atoms with Gasteiger partial charge in [-0.25, -0.2) is 4.79 Å². The number of nitrogens with zero attached hydrogens (tertiary/aromatic N) is 1. The van der Waals surface area contributed by atoms with Gasteiger partial charge < -0.3 is 9.26 Å². The van der Waals surface area contributed by atoms with Crippen LogP contribution in [0.15, 0.2) is 4.52 Å². The van der Waals surface area contributed by atoms with Gasteiger partial charge in [-0.1, -0.05) is 12.1 Å². The fourth-order valence-electron chi connectivity index (χ4n) is 1.40. The SMILES string of the molecule is CCOC(=O)c1noc(C2(C)CC2)c1I. The van der Waals surface area contributed by atoms with Crippen molar-refractivity contribution in [2.45, 2.75) is 32.1 Å². The highest BCUT2D eigenvalue weighted by molar-refractivity contribution is 14.1. The Morgan fingerprint density at radius 2 is 2.33 bits per heavy atom. The molecule has 0 aliphatic heterocycles. The molecule has 1 aromatic rings. The molecule has 0 amide bonds. The molecule has 1 fully saturated rings. The van der Waals surface area contributed by atoms with Gasteiger partial charge in [0.1, 0.15) is 0 Å². The van der Waals surface area contributed by atoms with E-state index in [1.54, 1.807) is 6.92 Å². The fraction of sp³-hybridized carbons (Fsp3) is 0.600. The van der Waals surface area contributed by atoms with Crippen molar-refractivity contribution in [3.8, 4) is 0 Å². The molecule has 1 saturated carbocycles. The van der Waals surface area contributed by atoms with Crippen molar-refractivity contribution in [2.75, 3.05) is 6.61 Å². The molecular weight excluding hydrogens is 309 g/mol. The van der Waals surface area contributed by atoms with E-state index in [0.29, 0.717) is 12.3 Å². The van der Waals surface area contributed by atoms with Gasteiger partial charge >= 0.3 is 5.97 Å². The zero-order chi connectivity index (χ0) is 11.1. The lowest BCUT2D eigenvalue weighted by atomic mass is 10.1. The predicted octanol–water partition coefficient (Wildman–Crippen LogP) is 2.51. The highest BCUT2D eigenvalue weighted by Crippen LogP contribution is 2.49. The quantitative estimate of drug-likeness (QED) is 0.634. The maximum atomic E-state index is 11.5. The normalized spacial score (nSPS) is 17.5. The van der Waals surface area contributed by atoms with Crippen molar-refractivity contribution in [1.29, 1.82) is 0 Å². The lowest BCUT2D eigenvalue weighted by Gasteiger charge is -2.02. The second kappa shape index (κ2) is 3.77. The minimum absolute atomic E-state index is 0.0915. The van der Waals surface area contributed by atoms with E-state index in [2.05, 4.69) is 34.7 Å². The summed E-state index contributed by atoms with van der Waals surface area (Å²) in [4.78, 5) is 11.5. The van der Waals surface area contributed by atoms with Crippen LogP contribution in [0.1, 0.15) is 42.9 Å². The summed E-state index contributed by atoms with van der Waals surface area (Å²) in [5.41, 5.74) is 0.398. The zero-order valence-electron chi connectivity index (χ0n) is 8.67. The van der Waals surface area contributed by atoms with Gasteiger partial charge in [0.25, 0.3) is 0 Å². The summed E-state index contributed by atoms with van der Waals surface area (Å²) in [5.74, 6) is 0.423. The van der Waals surface area contributed by atoms with Crippen LogP contribution in [0.5, 0.6) is 0 Å². The van der Waals surface area contributed by atoms with Crippen LogP contribution in [0.4, 0.5) is 0 Å². The van der Waals surface area contributed by atoms with E-state index in [1.165, 1.54) is 0 Å². The first-order chi connectivity index (χ1) is 7.08. The molecule has 15 heavy (non-hydrogen) atoms. The summed E-state index contributed by atoms with van der Waals surface area (Å²) in [6.45, 7) is 4.24. The number of halogens is 1. The number of aromatic nitrogens is 1. The Kier molecular flexibility index (Phi) is 2.74. The second-order valence-corrected chi connectivity index (χ2v) is 5.03. The predicted molar refractivity (Wildman–Crippen MR) is 61.8 cm³/mol. The largest absolute Gasteiger partial charge is 0.461 e. The van der Waals surface area contributed by atoms with Crippen molar-refractivity contribution >= 4 is 28.6 Å². The molecule has 0 unspecified atom stereocenters. The van der Waals surface area contributed by atoms with Crippen LogP contribution in [-0.2, 0) is 10.2 Å². The maximum Gasteiger partial charge on any atom is 0.361 e. The second-order valence-electron chi connectivity index (χ2n) is 3.96. The standard InChI is InChI=1S/C10H12INO3/c1-3-14-9(13)7-6(11)8(15-12-7)10(2)4-5-10/h3-5H2,1-2H3. The van der Waals surface area contributed by atoms with Crippen LogP contribution in [0.25, 0.3) is 0 Å². The molecule has 0 atom stereocenters. The van der Waals surface area contributed by atoms with Gasteiger partial charge in [0.15, 0.2) is 5.76 Å². The number of esters is 1. The van der Waals surface area contributed by atoms with Gasteiger partial charge in [0, 0.05) is 5.41 Å². The Labute approximate surface area is 101 Å². The van der Waals surface area contributed by atoms with E-state index in [9.17, 15) is 4.79 Å². The minimum Gasteiger partial charge on any atom is -0.461 e. The van der Waals surface area contributed by atoms with E-state index < -0.39 is 5.97 Å². The highest BCUT2D eigenvalue weighted by Gasteiger charge is 2.45. The summed E-state index contributed by atoms with van der Waals surface area (Å²) >= 11 is 2.10. The molecule has 1 aromatic heterocycles. The third-order valence-corrected chi connectivity index (χ3v) is 3.65. The lowest BCUT2D eigenvalue weighted by molar-refractivity contribution is 0.0513. The Morgan fingerprint density at radius 1 is 1.67 bits per heavy atom. The number of carbonyl (C=O) groups excluding carboxylic acids is 1. The maximum absolute atomic E-state index is 11.5. The molecule has 82 valence electrons. The lowest BCUT2D eigenvalue weighted by Crippen LogP contribution is -2.08. The Morgan fingerprint density at radius 3 is 2.87 bits per heavy atom. The number of rotatable bonds is 3. The van der Waals surface area contributed by atoms with Crippen LogP contribution in [0, 0.1) is 3.57 Å². The average Bonchev–Trinajstić information content (AvgIpc) is 2.78. The van der Waals surface area contributed by atoms with Crippen LogP contribution < -0.4 is 0 Å². The third-order valence-electron chi connectivity index (χ3n) is 2.65. The van der Waals surface area contributed by atoms with Crippen molar-refractivity contribution < 1.29 is 14.1 Å². The van der Waals surface area contributed by atoms with E-state index in [1.807, 2.05) is 0 Å². The molecule has 0 aromatic carbocycles. The van der Waals surface area contributed by atoms with Crippen molar-refractivity contribution in [3.63, 3.8) is 0 Å². The molecule has 0 radical (unpaired) electrons. The van der Waals surface area contributed by atoms with Gasteiger partial charge in [0.05, 0.1) is 10.2 Å². The van der Waals surface area contributed by atoms with Crippen LogP contribution in [-0.4, -0.2) is 17.7 Å². The van der Waals surface area contributed by atoms with Crippen molar-refractivity contribution in [3.05, 3.63) is 15.0 Å². The first-order valence-corrected chi connectivity index (χ1v) is 5.99. The van der Waals surface area contributed by atoms with Crippen LogP contribution >= 0.6 is 22.6 Å². The number of hydrogen-bond donors (Lipinski definition) is 0. The molecule has 0 saturated heterocycles. The number of hydrogen-bond acceptors (Lipinski definition) is 4. The molecule has 2 rings (SSSR count). The molecule has 0 N–H and O–H groups in total. The molecule has 1 heterocycles. The fourth-order valence-corrected chi connectivity index (χ4v) is 2.46. The van der Waals surface area contributed by atoms with Gasteiger partial charge in [-0.2, -0.15) is 0 Å². The summed E-state index contributed by atoms with van der Waals surface area (Å²) < 4.78 is 10.9. The number of ether oxygens (including phenoxy) is 1. The molecule has 1 aliphatic carbocycles. The molecule has 0 bridgehead atoms. The Balaban J connectivity index is 2.27. The van der Waals surface area contributed by atoms with Gasteiger partial charge in [-0.05, 0) is 42.4 Å². The summed E-state index contributed by atoms with van der Waals surface area (Å²) in [6, 6.07) is 0. The summed E-state index contributed by atoms with van der Waals surface area (Å²) in [6.07, 6.45) is 2.20. The van der Waals surface area contributed by atoms with Crippen molar-refractivity contribution in [2.24, 2.45) is 0 Å². The molecule has 4 nitrogen and oxygen atoms in total. The smallest absolute Gasteiger partial charge is 0.361 e. The summed E-state index contributed by atoms with van der Waals surface area (Å²) in [7, 11) is 0. The Bertz CT molecular complexity index is 395. The molecule has 5 heteroatoms. The molecular formula is C10H12INO3. The van der Waals surface area contributed by atoms with E-state index >= 15 is 0 Å². The van der Waals surface area contributed by atoms with Crippen LogP contribution in [0.3, 0.4) is 0 Å². The Hall–Kier alpha value is -0.590. The topological polar surface area (TPSA) is 52.3 Å². The zero-order valence-corrected chi connectivity index (χ0v) is 10.8. The van der Waals surface area contributed by atoms with Crippen molar-refractivity contribution in [1.82, 2.24) is 5.16 Å². The highest BCUT2D eigenvalue weighted by atomic mass is 127. The van der Waals surface area contributed by atoms with Crippen LogP contribution in [0.2, 0.25) is 0 Å². The van der Waals surface area contributed by atoms with Gasteiger partial charge in [-0.15, -0.1) is 0 Å². The molecule has 1 aliphatic rings. The third kappa shape index (κ3) is 1.89. The minimum atomic E-state index is -0.402. The summed E-state index contributed by atoms with van der Waals surface area (Å²) in [5, 5.41) is 3.78. The monoisotopic (exact) mass is 321 g/mol.